The number of aromatic nitrogens is 2. The van der Waals surface area contributed by atoms with Crippen molar-refractivity contribution in [1.29, 1.82) is 0 Å². The number of carbonyl (C=O) groups excluding carboxylic acids is 4. The molecule has 0 spiro atoms. The summed E-state index contributed by atoms with van der Waals surface area (Å²) in [5.41, 5.74) is 11.7. The zero-order valence-electron chi connectivity index (χ0n) is 17.7. The molecule has 0 radical (unpaired) electrons. The van der Waals surface area contributed by atoms with E-state index in [9.17, 15) is 29.1 Å². The van der Waals surface area contributed by atoms with Crippen molar-refractivity contribution in [2.75, 3.05) is 6.54 Å². The number of carbonyl (C=O) groups is 5. The lowest BCUT2D eigenvalue weighted by Gasteiger charge is -2.27. The molecule has 2 heterocycles. The quantitative estimate of drug-likeness (QED) is 0.213. The molecule has 4 atom stereocenters. The standard InChI is InChI=1S/C19H29N7O6/c1-10(18(30)26-6-2-3-14(26)19(31)32)24-17(29)13(4-5-15(21)27)25-16(28)12(20)7-11-8-22-9-23-11/h8-10,12-14H,2-7,20H2,1H3,(H2,21,27)(H,22,23)(H,24,29)(H,25,28)(H,31,32). The smallest absolute Gasteiger partial charge is 0.326 e. The Morgan fingerprint density at radius 1 is 1.28 bits per heavy atom. The number of hydrogen-bond donors (Lipinski definition) is 6. The van der Waals surface area contributed by atoms with Crippen LogP contribution in [0.5, 0.6) is 0 Å². The van der Waals surface area contributed by atoms with Crippen LogP contribution in [-0.2, 0) is 30.4 Å². The zero-order chi connectivity index (χ0) is 23.8. The van der Waals surface area contributed by atoms with Gasteiger partial charge in [-0.25, -0.2) is 9.78 Å². The minimum absolute atomic E-state index is 0.0912. The molecule has 0 saturated carbocycles. The number of primary amides is 1. The summed E-state index contributed by atoms with van der Waals surface area (Å²) in [7, 11) is 0. The molecule has 0 bridgehead atoms. The summed E-state index contributed by atoms with van der Waals surface area (Å²) in [4.78, 5) is 68.3. The molecule has 176 valence electrons. The maximum absolute atomic E-state index is 12.8. The number of aromatic amines is 1. The van der Waals surface area contributed by atoms with Crippen molar-refractivity contribution < 1.29 is 29.1 Å². The number of H-pyrrole nitrogens is 1. The lowest BCUT2D eigenvalue weighted by atomic mass is 10.1. The summed E-state index contributed by atoms with van der Waals surface area (Å²) >= 11 is 0. The maximum atomic E-state index is 12.8. The second-order valence-electron chi connectivity index (χ2n) is 7.71. The lowest BCUT2D eigenvalue weighted by Crippen LogP contribution is -2.56. The van der Waals surface area contributed by atoms with E-state index in [0.29, 0.717) is 18.5 Å². The molecule has 13 heteroatoms. The Morgan fingerprint density at radius 2 is 2.00 bits per heavy atom. The van der Waals surface area contributed by atoms with Crippen LogP contribution >= 0.6 is 0 Å². The second kappa shape index (κ2) is 11.2. The topological polar surface area (TPSA) is 214 Å². The van der Waals surface area contributed by atoms with E-state index in [-0.39, 0.29) is 25.8 Å². The number of nitrogens with two attached hydrogens (primary N) is 2. The van der Waals surface area contributed by atoms with E-state index in [1.165, 1.54) is 24.3 Å². The van der Waals surface area contributed by atoms with E-state index < -0.39 is 53.8 Å². The van der Waals surface area contributed by atoms with Crippen LogP contribution in [0.3, 0.4) is 0 Å². The highest BCUT2D eigenvalue weighted by Gasteiger charge is 2.37. The number of rotatable bonds is 11. The second-order valence-corrected chi connectivity index (χ2v) is 7.71. The summed E-state index contributed by atoms with van der Waals surface area (Å²) in [6.07, 6.45) is 3.73. The molecule has 1 aromatic rings. The lowest BCUT2D eigenvalue weighted by molar-refractivity contribution is -0.149. The number of nitrogens with one attached hydrogen (secondary N) is 3. The number of carboxylic acids is 1. The van der Waals surface area contributed by atoms with E-state index in [2.05, 4.69) is 20.6 Å². The molecule has 1 aliphatic rings. The van der Waals surface area contributed by atoms with E-state index in [1.807, 2.05) is 0 Å². The van der Waals surface area contributed by atoms with Crippen LogP contribution in [0.25, 0.3) is 0 Å². The van der Waals surface area contributed by atoms with Crippen molar-refractivity contribution in [2.24, 2.45) is 11.5 Å². The summed E-state index contributed by atoms with van der Waals surface area (Å²) in [5.74, 6) is -3.65. The molecule has 32 heavy (non-hydrogen) atoms. The van der Waals surface area contributed by atoms with Gasteiger partial charge in [0.25, 0.3) is 0 Å². The van der Waals surface area contributed by atoms with Crippen molar-refractivity contribution in [3.8, 4) is 0 Å². The number of aliphatic carboxylic acids is 1. The fourth-order valence-corrected chi connectivity index (χ4v) is 3.47. The molecule has 1 fully saturated rings. The first-order chi connectivity index (χ1) is 15.1. The first-order valence-corrected chi connectivity index (χ1v) is 10.2. The number of hydrogen-bond acceptors (Lipinski definition) is 7. The molecule has 2 rings (SSSR count). The predicted octanol–water partition coefficient (Wildman–Crippen LogP) is -2.39. The SMILES string of the molecule is CC(NC(=O)C(CCC(N)=O)NC(=O)C(N)Cc1cnc[nH]1)C(=O)N1CCCC1C(=O)O. The molecule has 1 aliphatic heterocycles. The third kappa shape index (κ3) is 6.77. The van der Waals surface area contributed by atoms with Crippen LogP contribution in [0.1, 0.15) is 38.3 Å². The first-order valence-electron chi connectivity index (χ1n) is 10.2. The third-order valence-electron chi connectivity index (χ3n) is 5.19. The van der Waals surface area contributed by atoms with Gasteiger partial charge in [0, 0.05) is 31.3 Å². The van der Waals surface area contributed by atoms with Gasteiger partial charge in [-0.1, -0.05) is 0 Å². The van der Waals surface area contributed by atoms with Crippen molar-refractivity contribution >= 4 is 29.6 Å². The van der Waals surface area contributed by atoms with Gasteiger partial charge in [-0.2, -0.15) is 0 Å². The number of carboxylic acid groups (broad SMARTS) is 1. The highest BCUT2D eigenvalue weighted by Crippen LogP contribution is 2.18. The highest BCUT2D eigenvalue weighted by molar-refractivity contribution is 5.94. The van der Waals surface area contributed by atoms with E-state index in [1.54, 1.807) is 0 Å². The van der Waals surface area contributed by atoms with Gasteiger partial charge in [0.2, 0.25) is 23.6 Å². The minimum atomic E-state index is -1.16. The van der Waals surface area contributed by atoms with Crippen LogP contribution in [0.4, 0.5) is 0 Å². The molecular weight excluding hydrogens is 422 g/mol. The first kappa shape index (κ1) is 24.8. The van der Waals surface area contributed by atoms with Crippen LogP contribution in [0.15, 0.2) is 12.5 Å². The maximum Gasteiger partial charge on any atom is 0.326 e. The molecule has 4 amide bonds. The Balaban J connectivity index is 2.00. The summed E-state index contributed by atoms with van der Waals surface area (Å²) < 4.78 is 0. The monoisotopic (exact) mass is 451 g/mol. The third-order valence-corrected chi connectivity index (χ3v) is 5.19. The van der Waals surface area contributed by atoms with Gasteiger partial charge in [0.1, 0.15) is 18.1 Å². The molecule has 1 saturated heterocycles. The van der Waals surface area contributed by atoms with Crippen LogP contribution in [-0.4, -0.2) is 80.3 Å². The van der Waals surface area contributed by atoms with Crippen molar-refractivity contribution in [2.45, 2.75) is 63.2 Å². The summed E-state index contributed by atoms with van der Waals surface area (Å²) in [6.45, 7) is 1.70. The van der Waals surface area contributed by atoms with Gasteiger partial charge in [-0.3, -0.25) is 19.2 Å². The summed E-state index contributed by atoms with van der Waals surface area (Å²) in [6, 6.07) is -4.12. The van der Waals surface area contributed by atoms with Crippen LogP contribution < -0.4 is 22.1 Å². The van der Waals surface area contributed by atoms with Gasteiger partial charge in [0.15, 0.2) is 0 Å². The Kier molecular flexibility index (Phi) is 8.70. The molecule has 8 N–H and O–H groups in total. The summed E-state index contributed by atoms with van der Waals surface area (Å²) in [5, 5.41) is 14.2. The fourth-order valence-electron chi connectivity index (χ4n) is 3.47. The minimum Gasteiger partial charge on any atom is -0.480 e. The van der Waals surface area contributed by atoms with Crippen molar-refractivity contribution in [3.63, 3.8) is 0 Å². The Morgan fingerprint density at radius 3 is 2.59 bits per heavy atom. The zero-order valence-corrected chi connectivity index (χ0v) is 17.7. The van der Waals surface area contributed by atoms with E-state index >= 15 is 0 Å². The fraction of sp³-hybridized carbons (Fsp3) is 0.579. The molecule has 13 nitrogen and oxygen atoms in total. The van der Waals surface area contributed by atoms with Gasteiger partial charge in [-0.05, 0) is 26.2 Å². The molecular formula is C19H29N7O6. The molecule has 1 aromatic heterocycles. The van der Waals surface area contributed by atoms with Gasteiger partial charge in [-0.15, -0.1) is 0 Å². The normalized spacial score (nSPS) is 18.4. The molecule has 4 unspecified atom stereocenters. The van der Waals surface area contributed by atoms with Crippen LogP contribution in [0, 0.1) is 0 Å². The Labute approximate surface area is 184 Å². The number of imidazole rings is 1. The average molecular weight is 451 g/mol. The van der Waals surface area contributed by atoms with Crippen LogP contribution in [0.2, 0.25) is 0 Å². The molecule has 0 aromatic carbocycles. The number of amides is 4. The molecule has 0 aliphatic carbocycles. The van der Waals surface area contributed by atoms with Crippen molar-refractivity contribution in [3.05, 3.63) is 18.2 Å². The Hall–Kier alpha value is -3.48. The number of likely N-dealkylation sites (tertiary alicyclic amines) is 1. The van der Waals surface area contributed by atoms with Crippen molar-refractivity contribution in [1.82, 2.24) is 25.5 Å². The van der Waals surface area contributed by atoms with Gasteiger partial charge < -0.3 is 37.1 Å². The van der Waals surface area contributed by atoms with E-state index in [4.69, 9.17) is 11.5 Å². The predicted molar refractivity (Wildman–Crippen MR) is 111 cm³/mol. The highest BCUT2D eigenvalue weighted by atomic mass is 16.4. The van der Waals surface area contributed by atoms with Gasteiger partial charge >= 0.3 is 5.97 Å². The van der Waals surface area contributed by atoms with E-state index in [0.717, 1.165) is 0 Å². The average Bonchev–Trinajstić information content (AvgIpc) is 3.41. The Bertz CT molecular complexity index is 843. The van der Waals surface area contributed by atoms with Gasteiger partial charge in [0.05, 0.1) is 12.4 Å². The largest absolute Gasteiger partial charge is 0.480 e. The number of nitrogens with zero attached hydrogens (tertiary/aromatic N) is 2.